The molecule has 0 spiro atoms. The van der Waals surface area contributed by atoms with Gasteiger partial charge in [0.2, 0.25) is 0 Å². The van der Waals surface area contributed by atoms with Crippen LogP contribution in [-0.4, -0.2) is 11.2 Å². The fourth-order valence-corrected chi connectivity index (χ4v) is 3.45. The zero-order valence-electron chi connectivity index (χ0n) is 13.9. The number of hydrogen-bond donors (Lipinski definition) is 2. The van der Waals surface area contributed by atoms with Crippen LogP contribution in [-0.2, 0) is 6.42 Å². The molecule has 0 saturated carbocycles. The van der Waals surface area contributed by atoms with Gasteiger partial charge in [0.25, 0.3) is 0 Å². The third-order valence-electron chi connectivity index (χ3n) is 4.93. The Labute approximate surface area is 137 Å². The number of nitrogens with one attached hydrogen (secondary N) is 1. The van der Waals surface area contributed by atoms with E-state index in [1.165, 1.54) is 22.3 Å². The maximum atomic E-state index is 11.2. The summed E-state index contributed by atoms with van der Waals surface area (Å²) in [7, 11) is 0. The van der Waals surface area contributed by atoms with E-state index < -0.39 is 6.09 Å². The highest BCUT2D eigenvalue weighted by molar-refractivity contribution is 5.68. The predicted molar refractivity (Wildman–Crippen MR) is 92.6 cm³/mol. The zero-order valence-corrected chi connectivity index (χ0v) is 13.9. The van der Waals surface area contributed by atoms with Gasteiger partial charge in [-0.2, -0.15) is 0 Å². The fraction of sp³-hybridized carbons (Fsp3) is 0.350. The minimum absolute atomic E-state index is 0.0727. The summed E-state index contributed by atoms with van der Waals surface area (Å²) in [5.74, 6) is 0. The van der Waals surface area contributed by atoms with E-state index in [4.69, 9.17) is 0 Å². The van der Waals surface area contributed by atoms with Crippen LogP contribution in [0.25, 0.3) is 11.1 Å². The van der Waals surface area contributed by atoms with Crippen molar-refractivity contribution in [2.45, 2.75) is 39.7 Å². The quantitative estimate of drug-likeness (QED) is 0.825. The summed E-state index contributed by atoms with van der Waals surface area (Å²) in [4.78, 5) is 11.2. The lowest BCUT2D eigenvalue weighted by Crippen LogP contribution is -2.40. The maximum Gasteiger partial charge on any atom is 0.405 e. The molecule has 2 N–H and O–H groups in total. The molecule has 0 aromatic heterocycles. The van der Waals surface area contributed by atoms with Crippen LogP contribution in [0.2, 0.25) is 0 Å². The highest BCUT2D eigenvalue weighted by atomic mass is 16.4. The molecule has 0 aliphatic heterocycles. The second-order valence-corrected chi connectivity index (χ2v) is 7.15. The molecule has 120 valence electrons. The van der Waals surface area contributed by atoms with Crippen molar-refractivity contribution in [3.63, 3.8) is 0 Å². The topological polar surface area (TPSA) is 49.3 Å². The Morgan fingerprint density at radius 3 is 2.43 bits per heavy atom. The lowest BCUT2D eigenvalue weighted by atomic mass is 9.70. The molecule has 2 aromatic carbocycles. The van der Waals surface area contributed by atoms with E-state index in [9.17, 15) is 9.90 Å². The Kier molecular flexibility index (Phi) is 3.88. The molecule has 2 aromatic rings. The molecule has 0 saturated heterocycles. The van der Waals surface area contributed by atoms with Crippen molar-refractivity contribution in [2.75, 3.05) is 0 Å². The predicted octanol–water partition coefficient (Wildman–Crippen LogP) is 4.94. The van der Waals surface area contributed by atoms with Gasteiger partial charge in [0.1, 0.15) is 0 Å². The first-order valence-electron chi connectivity index (χ1n) is 8.06. The number of rotatable bonds is 2. The monoisotopic (exact) mass is 309 g/mol. The van der Waals surface area contributed by atoms with Crippen molar-refractivity contribution < 1.29 is 9.90 Å². The molecule has 1 aliphatic carbocycles. The zero-order chi connectivity index (χ0) is 16.6. The van der Waals surface area contributed by atoms with Crippen molar-refractivity contribution in [3.05, 3.63) is 59.2 Å². The first-order valence-corrected chi connectivity index (χ1v) is 8.06. The van der Waals surface area contributed by atoms with Crippen LogP contribution >= 0.6 is 0 Å². The van der Waals surface area contributed by atoms with Gasteiger partial charge in [-0.1, -0.05) is 61.9 Å². The standard InChI is InChI=1S/C20H23NO2/c1-13-4-6-14(7-5-13)15-8-9-17-16(12-15)10-11-20(2,3)18(17)21-19(22)23/h4-9,12,18,21H,10-11H2,1-3H3,(H,22,23). The Morgan fingerprint density at radius 1 is 1.13 bits per heavy atom. The number of carboxylic acid groups (broad SMARTS) is 1. The van der Waals surface area contributed by atoms with Gasteiger partial charge in [0, 0.05) is 0 Å². The molecule has 0 fully saturated rings. The summed E-state index contributed by atoms with van der Waals surface area (Å²) in [6, 6.07) is 14.8. The van der Waals surface area contributed by atoms with Gasteiger partial charge in [-0.05, 0) is 47.4 Å². The summed E-state index contributed by atoms with van der Waals surface area (Å²) in [6.45, 7) is 6.34. The van der Waals surface area contributed by atoms with Gasteiger partial charge < -0.3 is 10.4 Å². The van der Waals surface area contributed by atoms with E-state index in [1.807, 2.05) is 0 Å². The summed E-state index contributed by atoms with van der Waals surface area (Å²) < 4.78 is 0. The van der Waals surface area contributed by atoms with E-state index in [0.29, 0.717) is 0 Å². The molecule has 3 heteroatoms. The summed E-state index contributed by atoms with van der Waals surface area (Å²) in [5.41, 5.74) is 5.93. The average Bonchev–Trinajstić information content (AvgIpc) is 2.50. The highest BCUT2D eigenvalue weighted by Crippen LogP contribution is 2.44. The third-order valence-corrected chi connectivity index (χ3v) is 4.93. The van der Waals surface area contributed by atoms with Crippen molar-refractivity contribution in [1.82, 2.24) is 5.32 Å². The van der Waals surface area contributed by atoms with Crippen LogP contribution in [0, 0.1) is 12.3 Å². The first kappa shape index (κ1) is 15.6. The molecule has 3 nitrogen and oxygen atoms in total. The maximum absolute atomic E-state index is 11.2. The molecule has 0 radical (unpaired) electrons. The van der Waals surface area contributed by atoms with Crippen molar-refractivity contribution in [2.24, 2.45) is 5.41 Å². The minimum atomic E-state index is -0.960. The van der Waals surface area contributed by atoms with Gasteiger partial charge in [0.05, 0.1) is 6.04 Å². The minimum Gasteiger partial charge on any atom is -0.465 e. The van der Waals surface area contributed by atoms with E-state index in [1.54, 1.807) is 0 Å². The van der Waals surface area contributed by atoms with Crippen molar-refractivity contribution >= 4 is 6.09 Å². The van der Waals surface area contributed by atoms with Crippen LogP contribution in [0.5, 0.6) is 0 Å². The fourth-order valence-electron chi connectivity index (χ4n) is 3.45. The Hall–Kier alpha value is -2.29. The van der Waals surface area contributed by atoms with Crippen molar-refractivity contribution in [3.8, 4) is 11.1 Å². The Balaban J connectivity index is 2.00. The van der Waals surface area contributed by atoms with Gasteiger partial charge >= 0.3 is 6.09 Å². The molecule has 0 heterocycles. The second-order valence-electron chi connectivity index (χ2n) is 7.15. The highest BCUT2D eigenvalue weighted by Gasteiger charge is 2.36. The average molecular weight is 309 g/mol. The van der Waals surface area contributed by atoms with Gasteiger partial charge in [-0.15, -0.1) is 0 Å². The summed E-state index contributed by atoms with van der Waals surface area (Å²) in [5, 5.41) is 11.9. The summed E-state index contributed by atoms with van der Waals surface area (Å²) in [6.07, 6.45) is 1.00. The first-order chi connectivity index (χ1) is 10.9. The Morgan fingerprint density at radius 2 is 1.78 bits per heavy atom. The SMILES string of the molecule is Cc1ccc(-c2ccc3c(c2)CCC(C)(C)C3NC(=O)O)cc1. The largest absolute Gasteiger partial charge is 0.465 e. The van der Waals surface area contributed by atoms with E-state index in [-0.39, 0.29) is 11.5 Å². The summed E-state index contributed by atoms with van der Waals surface area (Å²) >= 11 is 0. The molecule has 1 unspecified atom stereocenters. The molecule has 3 rings (SSSR count). The van der Waals surface area contributed by atoms with Gasteiger partial charge in [-0.3, -0.25) is 0 Å². The number of benzene rings is 2. The number of hydrogen-bond acceptors (Lipinski definition) is 1. The van der Waals surface area contributed by atoms with Crippen LogP contribution in [0.1, 0.15) is 43.0 Å². The van der Waals surface area contributed by atoms with E-state index in [0.717, 1.165) is 18.4 Å². The molecular formula is C20H23NO2. The number of amides is 1. The molecule has 1 atom stereocenters. The van der Waals surface area contributed by atoms with Crippen LogP contribution < -0.4 is 5.32 Å². The van der Waals surface area contributed by atoms with Crippen LogP contribution in [0.15, 0.2) is 42.5 Å². The van der Waals surface area contributed by atoms with E-state index in [2.05, 4.69) is 68.6 Å². The van der Waals surface area contributed by atoms with Crippen LogP contribution in [0.4, 0.5) is 4.79 Å². The smallest absolute Gasteiger partial charge is 0.405 e. The Bertz CT molecular complexity index is 732. The number of aryl methyl sites for hydroxylation is 2. The third kappa shape index (κ3) is 3.09. The lowest BCUT2D eigenvalue weighted by molar-refractivity contribution is 0.161. The van der Waals surface area contributed by atoms with E-state index >= 15 is 0 Å². The van der Waals surface area contributed by atoms with Gasteiger partial charge in [0.15, 0.2) is 0 Å². The van der Waals surface area contributed by atoms with Crippen LogP contribution in [0.3, 0.4) is 0 Å². The number of carbonyl (C=O) groups is 1. The second kappa shape index (κ2) is 5.73. The van der Waals surface area contributed by atoms with Crippen molar-refractivity contribution in [1.29, 1.82) is 0 Å². The normalized spacial score (nSPS) is 19.0. The molecule has 23 heavy (non-hydrogen) atoms. The molecule has 0 bridgehead atoms. The lowest BCUT2D eigenvalue weighted by Gasteiger charge is -2.40. The molecular weight excluding hydrogens is 286 g/mol. The van der Waals surface area contributed by atoms with Gasteiger partial charge in [-0.25, -0.2) is 4.79 Å². The molecule has 1 amide bonds. The molecule has 1 aliphatic rings. The number of fused-ring (bicyclic) bond motifs is 1.